The first kappa shape index (κ1) is 15.6. The summed E-state index contributed by atoms with van der Waals surface area (Å²) in [5.74, 6) is 6.05. The Kier molecular flexibility index (Phi) is 7.42. The van der Waals surface area contributed by atoms with Crippen LogP contribution in [-0.2, 0) is 0 Å². The Morgan fingerprint density at radius 3 is 2.83 bits per heavy atom. The van der Waals surface area contributed by atoms with Gasteiger partial charge in [0.25, 0.3) is 0 Å². The Hall–Kier alpha value is -0.490. The van der Waals surface area contributed by atoms with Gasteiger partial charge >= 0.3 is 0 Å². The van der Waals surface area contributed by atoms with E-state index in [1.54, 1.807) is 0 Å². The highest BCUT2D eigenvalue weighted by Crippen LogP contribution is 2.28. The van der Waals surface area contributed by atoms with Gasteiger partial charge in [0.2, 0.25) is 0 Å². The fourth-order valence-corrected chi connectivity index (χ4v) is 2.62. The molecule has 98 valence electrons. The number of halogens is 2. The van der Waals surface area contributed by atoms with E-state index in [-0.39, 0.29) is 6.04 Å². The van der Waals surface area contributed by atoms with Gasteiger partial charge in [-0.3, -0.25) is 0 Å². The third kappa shape index (κ3) is 5.02. The minimum absolute atomic E-state index is 0.284. The standard InChI is InChI=1S/C15H19BrClN/c1-3-5-6-7-15(18-10-4-2)13-9-8-12(16)11-14(13)17/h8-9,11,15,18H,4,6-7,10H2,1-2H3. The fraction of sp³-hybridized carbons (Fsp3) is 0.467. The summed E-state index contributed by atoms with van der Waals surface area (Å²) >= 11 is 9.74. The van der Waals surface area contributed by atoms with Gasteiger partial charge in [-0.15, -0.1) is 11.8 Å². The molecule has 3 heteroatoms. The van der Waals surface area contributed by atoms with Gasteiger partial charge in [-0.25, -0.2) is 0 Å². The molecule has 0 fully saturated rings. The average molecular weight is 329 g/mol. The molecule has 0 aromatic heterocycles. The molecule has 0 saturated heterocycles. The van der Waals surface area contributed by atoms with Crippen molar-refractivity contribution in [2.24, 2.45) is 0 Å². The maximum atomic E-state index is 6.31. The van der Waals surface area contributed by atoms with E-state index in [4.69, 9.17) is 11.6 Å². The molecule has 0 heterocycles. The van der Waals surface area contributed by atoms with Gasteiger partial charge in [0.05, 0.1) is 0 Å². The molecule has 0 aliphatic carbocycles. The first-order chi connectivity index (χ1) is 8.69. The Labute approximate surface area is 123 Å². The summed E-state index contributed by atoms with van der Waals surface area (Å²) in [5, 5.41) is 4.35. The molecule has 0 amide bonds. The summed E-state index contributed by atoms with van der Waals surface area (Å²) in [7, 11) is 0. The molecule has 1 N–H and O–H groups in total. The van der Waals surface area contributed by atoms with Gasteiger partial charge in [0, 0.05) is 22.0 Å². The SMILES string of the molecule is CC#CCCC(NCCC)c1ccc(Br)cc1Cl. The van der Waals surface area contributed by atoms with Crippen LogP contribution in [0.25, 0.3) is 0 Å². The minimum Gasteiger partial charge on any atom is -0.310 e. The van der Waals surface area contributed by atoms with Crippen LogP contribution in [0.2, 0.25) is 5.02 Å². The van der Waals surface area contributed by atoms with Gasteiger partial charge in [0.1, 0.15) is 0 Å². The van der Waals surface area contributed by atoms with Crippen molar-refractivity contribution in [3.8, 4) is 11.8 Å². The van der Waals surface area contributed by atoms with Crippen molar-refractivity contribution in [3.05, 3.63) is 33.3 Å². The Balaban J connectivity index is 2.81. The van der Waals surface area contributed by atoms with Gasteiger partial charge < -0.3 is 5.32 Å². The largest absolute Gasteiger partial charge is 0.310 e. The molecule has 18 heavy (non-hydrogen) atoms. The van der Waals surface area contributed by atoms with Crippen LogP contribution in [0.4, 0.5) is 0 Å². The monoisotopic (exact) mass is 327 g/mol. The number of nitrogens with one attached hydrogen (secondary N) is 1. The maximum Gasteiger partial charge on any atom is 0.0465 e. The fourth-order valence-electron chi connectivity index (χ4n) is 1.81. The van der Waals surface area contributed by atoms with E-state index in [9.17, 15) is 0 Å². The van der Waals surface area contributed by atoms with Gasteiger partial charge in [0.15, 0.2) is 0 Å². The predicted octanol–water partition coefficient (Wildman–Crippen LogP) is 4.95. The van der Waals surface area contributed by atoms with E-state index in [0.717, 1.165) is 40.9 Å². The third-order valence-corrected chi connectivity index (χ3v) is 3.53. The van der Waals surface area contributed by atoms with E-state index in [0.29, 0.717) is 0 Å². The molecule has 1 rings (SSSR count). The van der Waals surface area contributed by atoms with Crippen molar-refractivity contribution in [1.82, 2.24) is 5.32 Å². The second-order valence-corrected chi connectivity index (χ2v) is 5.46. The highest BCUT2D eigenvalue weighted by molar-refractivity contribution is 9.10. The lowest BCUT2D eigenvalue weighted by molar-refractivity contribution is 0.505. The first-order valence-electron chi connectivity index (χ1n) is 6.27. The molecule has 0 saturated carbocycles. The van der Waals surface area contributed by atoms with Crippen molar-refractivity contribution in [1.29, 1.82) is 0 Å². The highest BCUT2D eigenvalue weighted by Gasteiger charge is 2.13. The normalized spacial score (nSPS) is 11.8. The number of hydrogen-bond donors (Lipinski definition) is 1. The smallest absolute Gasteiger partial charge is 0.0465 e. The summed E-state index contributed by atoms with van der Waals surface area (Å²) in [6.45, 7) is 5.04. The van der Waals surface area contributed by atoms with Crippen LogP contribution < -0.4 is 5.32 Å². The molecule has 1 aromatic carbocycles. The first-order valence-corrected chi connectivity index (χ1v) is 7.44. The second-order valence-electron chi connectivity index (χ2n) is 4.14. The lowest BCUT2D eigenvalue weighted by atomic mass is 10.0. The molecule has 0 radical (unpaired) electrons. The maximum absolute atomic E-state index is 6.31. The molecule has 1 aromatic rings. The Morgan fingerprint density at radius 1 is 1.44 bits per heavy atom. The topological polar surface area (TPSA) is 12.0 Å². The number of rotatable bonds is 6. The lowest BCUT2D eigenvalue weighted by Gasteiger charge is -2.19. The van der Waals surface area contributed by atoms with E-state index < -0.39 is 0 Å². The molecule has 0 spiro atoms. The zero-order valence-corrected chi connectivity index (χ0v) is 13.2. The molecule has 1 atom stereocenters. The molecule has 1 nitrogen and oxygen atoms in total. The van der Waals surface area contributed by atoms with E-state index >= 15 is 0 Å². The summed E-state index contributed by atoms with van der Waals surface area (Å²) in [6, 6.07) is 6.35. The summed E-state index contributed by atoms with van der Waals surface area (Å²) in [6.07, 6.45) is 3.00. The average Bonchev–Trinajstić information content (AvgIpc) is 2.34. The zero-order chi connectivity index (χ0) is 13.4. The zero-order valence-electron chi connectivity index (χ0n) is 10.9. The second kappa shape index (κ2) is 8.58. The van der Waals surface area contributed by atoms with E-state index in [2.05, 4.69) is 46.1 Å². The highest BCUT2D eigenvalue weighted by atomic mass is 79.9. The van der Waals surface area contributed by atoms with E-state index in [1.165, 1.54) is 0 Å². The quantitative estimate of drug-likeness (QED) is 0.729. The summed E-state index contributed by atoms with van der Waals surface area (Å²) in [4.78, 5) is 0. The number of benzene rings is 1. The van der Waals surface area contributed by atoms with Crippen molar-refractivity contribution in [2.75, 3.05) is 6.54 Å². The van der Waals surface area contributed by atoms with Gasteiger partial charge in [-0.2, -0.15) is 0 Å². The molecule has 0 aliphatic rings. The van der Waals surface area contributed by atoms with Crippen LogP contribution in [0.1, 0.15) is 44.7 Å². The molecule has 1 unspecified atom stereocenters. The molecule has 0 aliphatic heterocycles. The lowest BCUT2D eigenvalue weighted by Crippen LogP contribution is -2.22. The van der Waals surface area contributed by atoms with Crippen molar-refractivity contribution >= 4 is 27.5 Å². The van der Waals surface area contributed by atoms with Crippen molar-refractivity contribution in [3.63, 3.8) is 0 Å². The Bertz CT molecular complexity index is 434. The van der Waals surface area contributed by atoms with Crippen LogP contribution >= 0.6 is 27.5 Å². The van der Waals surface area contributed by atoms with Crippen molar-refractivity contribution < 1.29 is 0 Å². The van der Waals surface area contributed by atoms with Crippen LogP contribution in [0.15, 0.2) is 22.7 Å². The minimum atomic E-state index is 0.284. The van der Waals surface area contributed by atoms with Crippen LogP contribution in [0.3, 0.4) is 0 Å². The van der Waals surface area contributed by atoms with Crippen LogP contribution in [0.5, 0.6) is 0 Å². The molecular weight excluding hydrogens is 310 g/mol. The van der Waals surface area contributed by atoms with Gasteiger partial charge in [-0.05, 0) is 44.0 Å². The summed E-state index contributed by atoms with van der Waals surface area (Å²) < 4.78 is 1.01. The van der Waals surface area contributed by atoms with E-state index in [1.807, 2.05) is 19.1 Å². The van der Waals surface area contributed by atoms with Crippen LogP contribution in [0, 0.1) is 11.8 Å². The molecular formula is C15H19BrClN. The van der Waals surface area contributed by atoms with Crippen molar-refractivity contribution in [2.45, 2.75) is 39.2 Å². The predicted molar refractivity (Wildman–Crippen MR) is 82.9 cm³/mol. The molecule has 0 bridgehead atoms. The number of hydrogen-bond acceptors (Lipinski definition) is 1. The Morgan fingerprint density at radius 2 is 2.22 bits per heavy atom. The third-order valence-electron chi connectivity index (χ3n) is 2.71. The van der Waals surface area contributed by atoms with Gasteiger partial charge in [-0.1, -0.05) is 40.5 Å². The van der Waals surface area contributed by atoms with Crippen LogP contribution in [-0.4, -0.2) is 6.54 Å². The summed E-state index contributed by atoms with van der Waals surface area (Å²) in [5.41, 5.74) is 1.16.